The van der Waals surface area contributed by atoms with Crippen LogP contribution in [-0.4, -0.2) is 65.6 Å². The minimum atomic E-state index is -1.45. The maximum Gasteiger partial charge on any atom is 0.313 e. The van der Waals surface area contributed by atoms with E-state index in [1.165, 1.54) is 22.0 Å². The van der Waals surface area contributed by atoms with Crippen LogP contribution < -0.4 is 16.2 Å². The molecular weight excluding hydrogens is 514 g/mol. The minimum Gasteiger partial charge on any atom is -0.373 e. The van der Waals surface area contributed by atoms with E-state index in [0.717, 1.165) is 35.6 Å². The largest absolute Gasteiger partial charge is 0.373 e. The van der Waals surface area contributed by atoms with Crippen LogP contribution >= 0.6 is 0 Å². The molecule has 2 atom stereocenters. The number of carbonyl (C=O) groups is 2. The second-order valence-electron chi connectivity index (χ2n) is 9.20. The van der Waals surface area contributed by atoms with Crippen LogP contribution in [0.2, 0.25) is 0 Å². The Morgan fingerprint density at radius 3 is 2.69 bits per heavy atom. The maximum absolute atomic E-state index is 14.6. The highest BCUT2D eigenvalue weighted by Gasteiger charge is 2.25. The van der Waals surface area contributed by atoms with E-state index in [2.05, 4.69) is 25.9 Å². The first-order valence-corrected chi connectivity index (χ1v) is 12.7. The fourth-order valence-electron chi connectivity index (χ4n) is 4.15. The lowest BCUT2D eigenvalue weighted by Crippen LogP contribution is -2.42. The number of aryl methyl sites for hydroxylation is 1. The van der Waals surface area contributed by atoms with Gasteiger partial charge in [0.2, 0.25) is 5.82 Å². The predicted octanol–water partition coefficient (Wildman–Crippen LogP) is 1.13. The van der Waals surface area contributed by atoms with Crippen molar-refractivity contribution in [3.8, 4) is 0 Å². The van der Waals surface area contributed by atoms with Gasteiger partial charge < -0.3 is 19.9 Å². The summed E-state index contributed by atoms with van der Waals surface area (Å²) in [6, 6.07) is 6.56. The monoisotopic (exact) mass is 544 g/mol. The number of carbonyl (C=O) groups excluding carboxylic acids is 2. The van der Waals surface area contributed by atoms with Gasteiger partial charge in [-0.25, -0.2) is 9.07 Å². The van der Waals surface area contributed by atoms with Crippen molar-refractivity contribution in [2.45, 2.75) is 57.7 Å². The number of aliphatic hydroxyl groups excluding tert-OH is 1. The number of halogens is 2. The van der Waals surface area contributed by atoms with Gasteiger partial charge in [-0.15, -0.1) is 5.10 Å². The Kier molecular flexibility index (Phi) is 9.44. The van der Waals surface area contributed by atoms with Crippen LogP contribution in [0.5, 0.6) is 0 Å². The molecule has 4 rings (SSSR count). The molecule has 0 spiro atoms. The molecule has 1 aliphatic rings. The number of nitrogens with one attached hydrogen (secondary N) is 2. The summed E-state index contributed by atoms with van der Waals surface area (Å²) in [5, 5.41) is 22.9. The van der Waals surface area contributed by atoms with E-state index in [1.807, 2.05) is 6.07 Å². The molecule has 0 aromatic carbocycles. The van der Waals surface area contributed by atoms with E-state index < -0.39 is 41.3 Å². The summed E-state index contributed by atoms with van der Waals surface area (Å²) >= 11 is 0. The van der Waals surface area contributed by atoms with Gasteiger partial charge in [-0.2, -0.15) is 4.39 Å². The number of aromatic nitrogens is 5. The average molecular weight is 545 g/mol. The van der Waals surface area contributed by atoms with E-state index >= 15 is 0 Å². The van der Waals surface area contributed by atoms with Crippen molar-refractivity contribution in [2.75, 3.05) is 18.4 Å². The number of aliphatic hydroxyl groups is 1. The lowest BCUT2D eigenvalue weighted by molar-refractivity contribution is -0.143. The normalized spacial score (nSPS) is 15.1. The standard InChI is InChI=1S/C25H30F2N8O4/c26-17(15-35-16-20(31-32-35)22(36)29-14-18-6-2-3-9-28-18)7-12-34-13-8-19(21(27)24(34)38)30-23(37)25(39)33-10-4-1-5-11-33/h2-3,6,8-9,13,16-17,22,29,36H,1,4-5,7,10-12,14-15H2,(H,30,37). The highest BCUT2D eigenvalue weighted by Crippen LogP contribution is 2.13. The van der Waals surface area contributed by atoms with Gasteiger partial charge in [-0.3, -0.25) is 24.7 Å². The topological polar surface area (TPSA) is 147 Å². The Morgan fingerprint density at radius 2 is 1.95 bits per heavy atom. The fraction of sp³-hybridized carbons (Fsp3) is 0.440. The van der Waals surface area contributed by atoms with Crippen molar-refractivity contribution in [2.24, 2.45) is 0 Å². The third-order valence-electron chi connectivity index (χ3n) is 6.30. The van der Waals surface area contributed by atoms with Crippen LogP contribution in [0.3, 0.4) is 0 Å². The first kappa shape index (κ1) is 28.0. The van der Waals surface area contributed by atoms with Gasteiger partial charge in [0.05, 0.1) is 24.1 Å². The SMILES string of the molecule is O=C(Nc1ccn(CCC(F)Cn2cc(C(O)NCc3ccccn3)nn2)c(=O)c1F)C(=O)N1CCCCC1. The summed E-state index contributed by atoms with van der Waals surface area (Å²) in [5.41, 5.74) is -0.530. The van der Waals surface area contributed by atoms with Crippen molar-refractivity contribution in [3.63, 3.8) is 0 Å². The molecule has 3 aromatic rings. The van der Waals surface area contributed by atoms with Crippen LogP contribution in [0.1, 0.15) is 43.3 Å². The number of hydrogen-bond acceptors (Lipinski definition) is 8. The zero-order valence-corrected chi connectivity index (χ0v) is 21.2. The van der Waals surface area contributed by atoms with Gasteiger partial charge in [-0.05, 0) is 43.9 Å². The highest BCUT2D eigenvalue weighted by molar-refractivity contribution is 6.39. The van der Waals surface area contributed by atoms with Crippen LogP contribution in [-0.2, 0) is 29.2 Å². The molecular formula is C25H30F2N8O4. The van der Waals surface area contributed by atoms with Crippen molar-refractivity contribution < 1.29 is 23.5 Å². The van der Waals surface area contributed by atoms with Gasteiger partial charge in [0, 0.05) is 38.6 Å². The number of hydrogen-bond donors (Lipinski definition) is 3. The van der Waals surface area contributed by atoms with Gasteiger partial charge in [0.15, 0.2) is 6.23 Å². The number of alkyl halides is 1. The Labute approximate surface area is 222 Å². The summed E-state index contributed by atoms with van der Waals surface area (Å²) < 4.78 is 31.5. The van der Waals surface area contributed by atoms with Gasteiger partial charge in [0.1, 0.15) is 11.9 Å². The predicted molar refractivity (Wildman–Crippen MR) is 135 cm³/mol. The molecule has 1 aliphatic heterocycles. The number of nitrogens with zero attached hydrogens (tertiary/aromatic N) is 6. The number of piperidine rings is 1. The number of likely N-dealkylation sites (tertiary alicyclic amines) is 1. The lowest BCUT2D eigenvalue weighted by Gasteiger charge is -2.25. The average Bonchev–Trinajstić information content (AvgIpc) is 3.42. The summed E-state index contributed by atoms with van der Waals surface area (Å²) in [6.07, 6.45) is 4.12. The summed E-state index contributed by atoms with van der Waals surface area (Å²) in [6.45, 7) is 0.890. The Morgan fingerprint density at radius 1 is 1.15 bits per heavy atom. The van der Waals surface area contributed by atoms with Crippen molar-refractivity contribution in [3.05, 3.63) is 70.4 Å². The first-order valence-electron chi connectivity index (χ1n) is 12.7. The van der Waals surface area contributed by atoms with Crippen LogP contribution in [0.15, 0.2) is 47.7 Å². The molecule has 0 bridgehead atoms. The number of rotatable bonds is 10. The van der Waals surface area contributed by atoms with E-state index in [9.17, 15) is 28.3 Å². The Balaban J connectivity index is 1.26. The quantitative estimate of drug-likeness (QED) is 0.254. The maximum atomic E-state index is 14.6. The van der Waals surface area contributed by atoms with Gasteiger partial charge in [0.25, 0.3) is 5.56 Å². The van der Waals surface area contributed by atoms with Crippen molar-refractivity contribution in [1.82, 2.24) is 34.8 Å². The molecule has 3 aromatic heterocycles. The zero-order chi connectivity index (χ0) is 27.8. The molecule has 12 nitrogen and oxygen atoms in total. The molecule has 39 heavy (non-hydrogen) atoms. The van der Waals surface area contributed by atoms with Crippen molar-refractivity contribution in [1.29, 1.82) is 0 Å². The van der Waals surface area contributed by atoms with E-state index in [-0.39, 0.29) is 25.2 Å². The van der Waals surface area contributed by atoms with E-state index in [4.69, 9.17) is 0 Å². The van der Waals surface area contributed by atoms with Crippen molar-refractivity contribution >= 4 is 17.5 Å². The van der Waals surface area contributed by atoms with E-state index in [0.29, 0.717) is 19.6 Å². The molecule has 1 fully saturated rings. The second kappa shape index (κ2) is 13.2. The highest BCUT2D eigenvalue weighted by atomic mass is 19.1. The molecule has 2 amide bonds. The molecule has 4 heterocycles. The van der Waals surface area contributed by atoms with Crippen LogP contribution in [0.25, 0.3) is 0 Å². The fourth-order valence-corrected chi connectivity index (χ4v) is 4.15. The molecule has 14 heteroatoms. The van der Waals surface area contributed by atoms with Gasteiger partial charge >= 0.3 is 11.8 Å². The van der Waals surface area contributed by atoms with E-state index in [1.54, 1.807) is 18.3 Å². The molecule has 0 saturated carbocycles. The third-order valence-corrected chi connectivity index (χ3v) is 6.30. The van der Waals surface area contributed by atoms with Gasteiger partial charge in [-0.1, -0.05) is 11.3 Å². The zero-order valence-electron chi connectivity index (χ0n) is 21.2. The van der Waals surface area contributed by atoms with Crippen LogP contribution in [0, 0.1) is 5.82 Å². The second-order valence-corrected chi connectivity index (χ2v) is 9.20. The smallest absolute Gasteiger partial charge is 0.313 e. The molecule has 3 N–H and O–H groups in total. The first-order chi connectivity index (χ1) is 18.8. The molecule has 208 valence electrons. The number of amides is 2. The Bertz CT molecular complexity index is 1330. The molecule has 0 radical (unpaired) electrons. The summed E-state index contributed by atoms with van der Waals surface area (Å²) in [5.74, 6) is -3.02. The number of anilines is 1. The van der Waals surface area contributed by atoms with Crippen LogP contribution in [0.4, 0.5) is 14.5 Å². The third kappa shape index (κ3) is 7.51. The number of pyridine rings is 2. The molecule has 1 saturated heterocycles. The summed E-state index contributed by atoms with van der Waals surface area (Å²) in [7, 11) is 0. The Hall–Kier alpha value is -4.04. The lowest BCUT2D eigenvalue weighted by atomic mass is 10.1. The molecule has 0 aliphatic carbocycles. The molecule has 2 unspecified atom stereocenters. The minimum absolute atomic E-state index is 0.131. The summed E-state index contributed by atoms with van der Waals surface area (Å²) in [4.78, 5) is 42.4.